The highest BCUT2D eigenvalue weighted by molar-refractivity contribution is 6.04. The van der Waals surface area contributed by atoms with Gasteiger partial charge < -0.3 is 10.1 Å². The third-order valence-corrected chi connectivity index (χ3v) is 3.21. The highest BCUT2D eigenvalue weighted by Crippen LogP contribution is 2.16. The van der Waals surface area contributed by atoms with Crippen molar-refractivity contribution in [1.29, 1.82) is 0 Å². The second-order valence-corrected chi connectivity index (χ2v) is 5.48. The van der Waals surface area contributed by atoms with Crippen molar-refractivity contribution < 1.29 is 9.53 Å². The first kappa shape index (κ1) is 15.1. The van der Waals surface area contributed by atoms with E-state index in [-0.39, 0.29) is 5.91 Å². The zero-order valence-corrected chi connectivity index (χ0v) is 12.7. The molecule has 0 aliphatic heterocycles. The first-order chi connectivity index (χ1) is 10.1. The number of rotatable bonds is 5. The molecule has 0 heterocycles. The lowest BCUT2D eigenvalue weighted by atomic mass is 10.0. The maximum absolute atomic E-state index is 12.2. The zero-order valence-electron chi connectivity index (χ0n) is 12.7. The van der Waals surface area contributed by atoms with Gasteiger partial charge in [-0.1, -0.05) is 26.0 Å². The lowest BCUT2D eigenvalue weighted by Crippen LogP contribution is -2.11. The lowest BCUT2D eigenvalue weighted by Gasteiger charge is -2.08. The number of hydrogen-bond acceptors (Lipinski definition) is 2. The van der Waals surface area contributed by atoms with Gasteiger partial charge in [0.25, 0.3) is 5.91 Å². The highest BCUT2D eigenvalue weighted by Gasteiger charge is 2.06. The summed E-state index contributed by atoms with van der Waals surface area (Å²) in [5, 5.41) is 2.88. The predicted molar refractivity (Wildman–Crippen MR) is 85.9 cm³/mol. The average Bonchev–Trinajstić information content (AvgIpc) is 2.48. The zero-order chi connectivity index (χ0) is 15.2. The van der Waals surface area contributed by atoms with Gasteiger partial charge in [-0.05, 0) is 54.3 Å². The maximum atomic E-state index is 12.2. The smallest absolute Gasteiger partial charge is 0.255 e. The summed E-state index contributed by atoms with van der Waals surface area (Å²) in [5.41, 5.74) is 2.68. The van der Waals surface area contributed by atoms with Crippen molar-refractivity contribution in [2.45, 2.75) is 20.3 Å². The topological polar surface area (TPSA) is 38.3 Å². The monoisotopic (exact) mass is 283 g/mol. The maximum Gasteiger partial charge on any atom is 0.255 e. The van der Waals surface area contributed by atoms with Gasteiger partial charge in [-0.15, -0.1) is 0 Å². The van der Waals surface area contributed by atoms with Gasteiger partial charge in [0.15, 0.2) is 0 Å². The molecule has 3 heteroatoms. The Bertz CT molecular complexity index is 586. The summed E-state index contributed by atoms with van der Waals surface area (Å²) >= 11 is 0. The van der Waals surface area contributed by atoms with E-state index in [1.165, 1.54) is 5.56 Å². The minimum Gasteiger partial charge on any atom is -0.497 e. The van der Waals surface area contributed by atoms with Gasteiger partial charge >= 0.3 is 0 Å². The summed E-state index contributed by atoms with van der Waals surface area (Å²) in [7, 11) is 1.62. The van der Waals surface area contributed by atoms with Gasteiger partial charge in [0.05, 0.1) is 7.11 Å². The molecule has 110 valence electrons. The summed E-state index contributed by atoms with van der Waals surface area (Å²) in [6, 6.07) is 15.1. The largest absolute Gasteiger partial charge is 0.497 e. The van der Waals surface area contributed by atoms with Crippen molar-refractivity contribution in [3.63, 3.8) is 0 Å². The SMILES string of the molecule is COc1ccc(NC(=O)c2ccc(CC(C)C)cc2)cc1. The van der Waals surface area contributed by atoms with E-state index in [0.29, 0.717) is 11.5 Å². The second kappa shape index (κ2) is 6.93. The number of amides is 1. The first-order valence-electron chi connectivity index (χ1n) is 7.13. The summed E-state index contributed by atoms with van der Waals surface area (Å²) in [4.78, 5) is 12.2. The number of carbonyl (C=O) groups is 1. The number of nitrogens with one attached hydrogen (secondary N) is 1. The van der Waals surface area contributed by atoms with Crippen LogP contribution in [0.15, 0.2) is 48.5 Å². The van der Waals surface area contributed by atoms with Gasteiger partial charge in [0.2, 0.25) is 0 Å². The van der Waals surface area contributed by atoms with Gasteiger partial charge in [0.1, 0.15) is 5.75 Å². The molecule has 0 bridgehead atoms. The predicted octanol–water partition coefficient (Wildman–Crippen LogP) is 4.15. The fourth-order valence-electron chi connectivity index (χ4n) is 2.14. The van der Waals surface area contributed by atoms with Crippen LogP contribution in [0.4, 0.5) is 5.69 Å². The molecule has 0 aliphatic carbocycles. The van der Waals surface area contributed by atoms with Crippen LogP contribution in [0.5, 0.6) is 5.75 Å². The van der Waals surface area contributed by atoms with Crippen LogP contribution in [-0.2, 0) is 6.42 Å². The van der Waals surface area contributed by atoms with E-state index >= 15 is 0 Å². The number of benzene rings is 2. The van der Waals surface area contributed by atoms with Crippen LogP contribution in [0.3, 0.4) is 0 Å². The molecule has 0 unspecified atom stereocenters. The average molecular weight is 283 g/mol. The van der Waals surface area contributed by atoms with E-state index < -0.39 is 0 Å². The van der Waals surface area contributed by atoms with Crippen LogP contribution < -0.4 is 10.1 Å². The van der Waals surface area contributed by atoms with Crippen molar-refractivity contribution >= 4 is 11.6 Å². The van der Waals surface area contributed by atoms with E-state index in [2.05, 4.69) is 19.2 Å². The molecule has 2 aromatic carbocycles. The van der Waals surface area contributed by atoms with Gasteiger partial charge in [-0.2, -0.15) is 0 Å². The molecule has 21 heavy (non-hydrogen) atoms. The molecule has 3 nitrogen and oxygen atoms in total. The molecule has 0 spiro atoms. The molecule has 0 saturated carbocycles. The molecule has 0 saturated heterocycles. The molecule has 0 aliphatic rings. The number of carbonyl (C=O) groups excluding carboxylic acids is 1. The van der Waals surface area contributed by atoms with E-state index in [9.17, 15) is 4.79 Å². The number of hydrogen-bond donors (Lipinski definition) is 1. The molecule has 0 radical (unpaired) electrons. The Kier molecular flexibility index (Phi) is 4.99. The summed E-state index contributed by atoms with van der Waals surface area (Å²) in [6.07, 6.45) is 1.03. The molecule has 0 atom stereocenters. The number of ether oxygens (including phenoxy) is 1. The Hall–Kier alpha value is -2.29. The van der Waals surface area contributed by atoms with Gasteiger partial charge in [-0.3, -0.25) is 4.79 Å². The lowest BCUT2D eigenvalue weighted by molar-refractivity contribution is 0.102. The van der Waals surface area contributed by atoms with Crippen molar-refractivity contribution in [1.82, 2.24) is 0 Å². The Labute approximate surface area is 126 Å². The standard InChI is InChI=1S/C18H21NO2/c1-13(2)12-14-4-6-15(7-5-14)18(20)19-16-8-10-17(21-3)11-9-16/h4-11,13H,12H2,1-3H3,(H,19,20). The Morgan fingerprint density at radius 3 is 2.19 bits per heavy atom. The van der Waals surface area contributed by atoms with E-state index in [1.807, 2.05) is 48.5 Å². The van der Waals surface area contributed by atoms with Crippen LogP contribution in [0.2, 0.25) is 0 Å². The first-order valence-corrected chi connectivity index (χ1v) is 7.13. The quantitative estimate of drug-likeness (QED) is 0.895. The molecular weight excluding hydrogens is 262 g/mol. The number of methoxy groups -OCH3 is 1. The Balaban J connectivity index is 2.02. The summed E-state index contributed by atoms with van der Waals surface area (Å²) < 4.78 is 5.09. The molecular formula is C18H21NO2. The molecule has 2 aromatic rings. The summed E-state index contributed by atoms with van der Waals surface area (Å²) in [6.45, 7) is 4.37. The number of anilines is 1. The van der Waals surface area contributed by atoms with E-state index in [0.717, 1.165) is 17.9 Å². The van der Waals surface area contributed by atoms with Gasteiger partial charge in [0, 0.05) is 11.3 Å². The van der Waals surface area contributed by atoms with Crippen molar-refractivity contribution in [3.05, 3.63) is 59.7 Å². The van der Waals surface area contributed by atoms with E-state index in [1.54, 1.807) is 7.11 Å². The summed E-state index contributed by atoms with van der Waals surface area (Å²) in [5.74, 6) is 1.28. The minimum atomic E-state index is -0.101. The van der Waals surface area contributed by atoms with Crippen LogP contribution >= 0.6 is 0 Å². The van der Waals surface area contributed by atoms with Crippen molar-refractivity contribution in [2.75, 3.05) is 12.4 Å². The Morgan fingerprint density at radius 2 is 1.67 bits per heavy atom. The minimum absolute atomic E-state index is 0.101. The fraction of sp³-hybridized carbons (Fsp3) is 0.278. The van der Waals surface area contributed by atoms with E-state index in [4.69, 9.17) is 4.74 Å². The molecule has 1 amide bonds. The molecule has 0 aromatic heterocycles. The van der Waals surface area contributed by atoms with Crippen LogP contribution in [0.25, 0.3) is 0 Å². The molecule has 2 rings (SSSR count). The third-order valence-electron chi connectivity index (χ3n) is 3.21. The fourth-order valence-corrected chi connectivity index (χ4v) is 2.14. The van der Waals surface area contributed by atoms with Crippen molar-refractivity contribution in [2.24, 2.45) is 5.92 Å². The van der Waals surface area contributed by atoms with Gasteiger partial charge in [-0.25, -0.2) is 0 Å². The Morgan fingerprint density at radius 1 is 1.05 bits per heavy atom. The molecule has 0 fully saturated rings. The molecule has 1 N–H and O–H groups in total. The second-order valence-electron chi connectivity index (χ2n) is 5.48. The third kappa shape index (κ3) is 4.35. The van der Waals surface area contributed by atoms with Crippen LogP contribution in [0.1, 0.15) is 29.8 Å². The highest BCUT2D eigenvalue weighted by atomic mass is 16.5. The van der Waals surface area contributed by atoms with Crippen LogP contribution in [0, 0.1) is 5.92 Å². The van der Waals surface area contributed by atoms with Crippen molar-refractivity contribution in [3.8, 4) is 5.75 Å². The van der Waals surface area contributed by atoms with Crippen LogP contribution in [-0.4, -0.2) is 13.0 Å². The normalized spacial score (nSPS) is 10.5.